The van der Waals surface area contributed by atoms with Gasteiger partial charge in [0.2, 0.25) is 5.91 Å². The summed E-state index contributed by atoms with van der Waals surface area (Å²) in [6, 6.07) is 5.66. The van der Waals surface area contributed by atoms with E-state index in [1.54, 1.807) is 19.9 Å². The molecule has 2 rings (SSSR count). The normalized spacial score (nSPS) is 12.0. The SMILES string of the molecule is CC(=O)NC[C@@H](C)OC(=O)c1cc(C)nc2cc(F)ccc12. The van der Waals surface area contributed by atoms with Crippen LogP contribution in [0.15, 0.2) is 24.3 Å². The predicted molar refractivity (Wildman–Crippen MR) is 80.0 cm³/mol. The van der Waals surface area contributed by atoms with Crippen molar-refractivity contribution in [3.05, 3.63) is 41.3 Å². The van der Waals surface area contributed by atoms with Gasteiger partial charge in [0.05, 0.1) is 17.6 Å². The van der Waals surface area contributed by atoms with Gasteiger partial charge in [0, 0.05) is 24.1 Å². The number of hydrogen-bond acceptors (Lipinski definition) is 4. The number of halogens is 1. The van der Waals surface area contributed by atoms with Gasteiger partial charge in [0.25, 0.3) is 0 Å². The Kier molecular flexibility index (Phi) is 4.70. The minimum absolute atomic E-state index is 0.191. The standard InChI is InChI=1S/C16H17FN2O3/c1-9-6-14(13-5-4-12(17)7-15(13)19-9)16(21)22-10(2)8-18-11(3)20/h4-7,10H,8H2,1-3H3,(H,18,20)/t10-/m1/s1. The molecule has 1 N–H and O–H groups in total. The van der Waals surface area contributed by atoms with Gasteiger partial charge in [-0.3, -0.25) is 9.78 Å². The summed E-state index contributed by atoms with van der Waals surface area (Å²) in [6.07, 6.45) is -0.472. The van der Waals surface area contributed by atoms with Gasteiger partial charge >= 0.3 is 5.97 Å². The Morgan fingerprint density at radius 1 is 1.36 bits per heavy atom. The van der Waals surface area contributed by atoms with Crippen LogP contribution >= 0.6 is 0 Å². The molecule has 1 atom stereocenters. The van der Waals surface area contributed by atoms with Crippen LogP contribution in [-0.4, -0.2) is 29.5 Å². The third-order valence-corrected chi connectivity index (χ3v) is 3.07. The van der Waals surface area contributed by atoms with Gasteiger partial charge in [-0.25, -0.2) is 9.18 Å². The van der Waals surface area contributed by atoms with Crippen molar-refractivity contribution in [2.24, 2.45) is 0 Å². The number of carbonyl (C=O) groups is 2. The number of rotatable bonds is 4. The second-order valence-corrected chi connectivity index (χ2v) is 5.13. The molecule has 0 aliphatic carbocycles. The Morgan fingerprint density at radius 3 is 2.77 bits per heavy atom. The summed E-state index contributed by atoms with van der Waals surface area (Å²) in [6.45, 7) is 5.03. The van der Waals surface area contributed by atoms with Crippen molar-refractivity contribution < 1.29 is 18.7 Å². The second-order valence-electron chi connectivity index (χ2n) is 5.13. The average Bonchev–Trinajstić information content (AvgIpc) is 2.43. The van der Waals surface area contributed by atoms with E-state index in [1.165, 1.54) is 25.1 Å². The first kappa shape index (κ1) is 15.9. The molecule has 0 saturated carbocycles. The maximum Gasteiger partial charge on any atom is 0.339 e. The number of nitrogens with zero attached hydrogens (tertiary/aromatic N) is 1. The molecule has 0 aliphatic rings. The van der Waals surface area contributed by atoms with Gasteiger partial charge in [-0.15, -0.1) is 0 Å². The fourth-order valence-electron chi connectivity index (χ4n) is 2.08. The van der Waals surface area contributed by atoms with Crippen LogP contribution in [0.3, 0.4) is 0 Å². The molecule has 0 spiro atoms. The first-order valence-corrected chi connectivity index (χ1v) is 6.89. The number of pyridine rings is 1. The molecule has 5 nitrogen and oxygen atoms in total. The number of fused-ring (bicyclic) bond motifs is 1. The van der Waals surface area contributed by atoms with Crippen molar-refractivity contribution in [3.63, 3.8) is 0 Å². The van der Waals surface area contributed by atoms with E-state index in [4.69, 9.17) is 4.74 Å². The van der Waals surface area contributed by atoms with Crippen LogP contribution < -0.4 is 5.32 Å². The van der Waals surface area contributed by atoms with E-state index in [0.717, 1.165) is 0 Å². The number of ether oxygens (including phenoxy) is 1. The first-order chi connectivity index (χ1) is 10.4. The van der Waals surface area contributed by atoms with Gasteiger partial charge < -0.3 is 10.1 Å². The van der Waals surface area contributed by atoms with Crippen molar-refractivity contribution >= 4 is 22.8 Å². The second kappa shape index (κ2) is 6.51. The summed E-state index contributed by atoms with van der Waals surface area (Å²) in [5.41, 5.74) is 1.33. The zero-order valence-electron chi connectivity index (χ0n) is 12.6. The van der Waals surface area contributed by atoms with Crippen LogP contribution in [0.4, 0.5) is 4.39 Å². The minimum atomic E-state index is -0.528. The highest BCUT2D eigenvalue weighted by atomic mass is 19.1. The fourth-order valence-corrected chi connectivity index (χ4v) is 2.08. The van der Waals surface area contributed by atoms with Gasteiger partial charge in [0.1, 0.15) is 11.9 Å². The summed E-state index contributed by atoms with van der Waals surface area (Å²) in [4.78, 5) is 27.4. The third kappa shape index (κ3) is 3.78. The first-order valence-electron chi connectivity index (χ1n) is 6.89. The zero-order valence-corrected chi connectivity index (χ0v) is 12.6. The van der Waals surface area contributed by atoms with E-state index in [9.17, 15) is 14.0 Å². The van der Waals surface area contributed by atoms with E-state index < -0.39 is 17.9 Å². The largest absolute Gasteiger partial charge is 0.457 e. The van der Waals surface area contributed by atoms with Crippen LogP contribution in [0, 0.1) is 12.7 Å². The molecule has 1 amide bonds. The van der Waals surface area contributed by atoms with Gasteiger partial charge in [-0.05, 0) is 32.0 Å². The van der Waals surface area contributed by atoms with Crippen molar-refractivity contribution in [2.75, 3.05) is 6.54 Å². The zero-order chi connectivity index (χ0) is 16.3. The van der Waals surface area contributed by atoms with Crippen molar-refractivity contribution in [3.8, 4) is 0 Å². The number of amides is 1. The monoisotopic (exact) mass is 304 g/mol. The minimum Gasteiger partial charge on any atom is -0.457 e. The lowest BCUT2D eigenvalue weighted by molar-refractivity contribution is -0.119. The van der Waals surface area contributed by atoms with Gasteiger partial charge in [-0.2, -0.15) is 0 Å². The average molecular weight is 304 g/mol. The Balaban J connectivity index is 2.26. The molecule has 22 heavy (non-hydrogen) atoms. The molecule has 0 radical (unpaired) electrons. The van der Waals surface area contributed by atoms with Crippen LogP contribution in [0.1, 0.15) is 29.9 Å². The number of aromatic nitrogens is 1. The van der Waals surface area contributed by atoms with Gasteiger partial charge in [-0.1, -0.05) is 0 Å². The molecule has 1 heterocycles. The topological polar surface area (TPSA) is 68.3 Å². The molecule has 2 aromatic rings. The van der Waals surface area contributed by atoms with Crippen LogP contribution in [0.2, 0.25) is 0 Å². The number of benzene rings is 1. The molecular weight excluding hydrogens is 287 g/mol. The highest BCUT2D eigenvalue weighted by Crippen LogP contribution is 2.20. The molecule has 1 aromatic carbocycles. The maximum absolute atomic E-state index is 13.3. The van der Waals surface area contributed by atoms with Crippen LogP contribution in [-0.2, 0) is 9.53 Å². The summed E-state index contributed by atoms with van der Waals surface area (Å²) in [5.74, 6) is -1.13. The van der Waals surface area contributed by atoms with Crippen molar-refractivity contribution in [1.29, 1.82) is 0 Å². The molecular formula is C16H17FN2O3. The predicted octanol–water partition coefficient (Wildman–Crippen LogP) is 2.36. The molecule has 0 bridgehead atoms. The fraction of sp³-hybridized carbons (Fsp3) is 0.312. The number of hydrogen-bond donors (Lipinski definition) is 1. The Morgan fingerprint density at radius 2 is 2.09 bits per heavy atom. The number of carbonyl (C=O) groups excluding carboxylic acids is 2. The third-order valence-electron chi connectivity index (χ3n) is 3.07. The Hall–Kier alpha value is -2.50. The lowest BCUT2D eigenvalue weighted by Crippen LogP contribution is -2.31. The summed E-state index contributed by atoms with van der Waals surface area (Å²) < 4.78 is 18.6. The van der Waals surface area contributed by atoms with E-state index in [2.05, 4.69) is 10.3 Å². The summed E-state index contributed by atoms with van der Waals surface area (Å²) in [7, 11) is 0. The molecule has 6 heteroatoms. The van der Waals surface area contributed by atoms with Crippen LogP contribution in [0.5, 0.6) is 0 Å². The van der Waals surface area contributed by atoms with Crippen molar-refractivity contribution in [2.45, 2.75) is 26.9 Å². The summed E-state index contributed by atoms with van der Waals surface area (Å²) >= 11 is 0. The van der Waals surface area contributed by atoms with Crippen LogP contribution in [0.25, 0.3) is 10.9 Å². The summed E-state index contributed by atoms with van der Waals surface area (Å²) in [5, 5.41) is 3.11. The molecule has 116 valence electrons. The van der Waals surface area contributed by atoms with E-state index >= 15 is 0 Å². The quantitative estimate of drug-likeness (QED) is 0.881. The number of nitrogens with one attached hydrogen (secondary N) is 1. The Labute approximate surface area is 127 Å². The van der Waals surface area contributed by atoms with E-state index in [-0.39, 0.29) is 12.5 Å². The molecule has 0 unspecified atom stereocenters. The van der Waals surface area contributed by atoms with E-state index in [0.29, 0.717) is 22.2 Å². The number of esters is 1. The maximum atomic E-state index is 13.3. The number of aryl methyl sites for hydroxylation is 1. The lowest BCUT2D eigenvalue weighted by Gasteiger charge is -2.14. The van der Waals surface area contributed by atoms with Crippen molar-refractivity contribution in [1.82, 2.24) is 10.3 Å². The highest BCUT2D eigenvalue weighted by Gasteiger charge is 2.16. The van der Waals surface area contributed by atoms with Gasteiger partial charge in [0.15, 0.2) is 0 Å². The molecule has 1 aromatic heterocycles. The highest BCUT2D eigenvalue weighted by molar-refractivity contribution is 6.03. The lowest BCUT2D eigenvalue weighted by atomic mass is 10.1. The molecule has 0 fully saturated rings. The Bertz CT molecular complexity index is 725. The smallest absolute Gasteiger partial charge is 0.339 e. The molecule has 0 saturated heterocycles. The molecule has 0 aliphatic heterocycles. The van der Waals surface area contributed by atoms with E-state index in [1.807, 2.05) is 0 Å².